The van der Waals surface area contributed by atoms with Crippen LogP contribution >= 0.6 is 0 Å². The van der Waals surface area contributed by atoms with Gasteiger partial charge in [0.25, 0.3) is 0 Å². The van der Waals surface area contributed by atoms with Crippen LogP contribution in [0.5, 0.6) is 0 Å². The zero-order chi connectivity index (χ0) is 14.8. The highest BCUT2D eigenvalue weighted by atomic mass is 16.4. The van der Waals surface area contributed by atoms with E-state index >= 15 is 0 Å². The highest BCUT2D eigenvalue weighted by Gasteiger charge is 2.38. The van der Waals surface area contributed by atoms with Gasteiger partial charge in [-0.05, 0) is 44.4 Å². The molecule has 3 aliphatic rings. The van der Waals surface area contributed by atoms with Crippen LogP contribution in [0.2, 0.25) is 0 Å². The van der Waals surface area contributed by atoms with Crippen molar-refractivity contribution in [2.45, 2.75) is 57.4 Å². The maximum atomic E-state index is 12.7. The molecule has 3 fully saturated rings. The molecule has 21 heavy (non-hydrogen) atoms. The van der Waals surface area contributed by atoms with Crippen molar-refractivity contribution in [3.8, 4) is 0 Å². The van der Waals surface area contributed by atoms with E-state index in [1.165, 1.54) is 25.7 Å². The molecule has 5 heteroatoms. The summed E-state index contributed by atoms with van der Waals surface area (Å²) in [6.45, 7) is 2.09. The monoisotopic (exact) mass is 294 g/mol. The number of hydrogen-bond donors (Lipinski definition) is 1. The molecular formula is C16H26N2O3. The van der Waals surface area contributed by atoms with Crippen molar-refractivity contribution < 1.29 is 14.7 Å². The number of carbonyl (C=O) groups excluding carboxylic acids is 1. The van der Waals surface area contributed by atoms with E-state index < -0.39 is 5.97 Å². The summed E-state index contributed by atoms with van der Waals surface area (Å²) >= 11 is 0. The fraction of sp³-hybridized carbons (Fsp3) is 0.875. The predicted molar refractivity (Wildman–Crippen MR) is 79.0 cm³/mol. The highest BCUT2D eigenvalue weighted by Crippen LogP contribution is 2.36. The van der Waals surface area contributed by atoms with E-state index in [0.29, 0.717) is 37.9 Å². The lowest BCUT2D eigenvalue weighted by molar-refractivity contribution is -0.143. The van der Waals surface area contributed by atoms with Crippen LogP contribution in [0.1, 0.15) is 51.4 Å². The molecule has 0 aromatic rings. The van der Waals surface area contributed by atoms with Gasteiger partial charge in [0.15, 0.2) is 0 Å². The molecule has 0 spiro atoms. The minimum absolute atomic E-state index is 0.160. The lowest BCUT2D eigenvalue weighted by atomic mass is 9.95. The van der Waals surface area contributed by atoms with Crippen molar-refractivity contribution in [2.24, 2.45) is 11.8 Å². The summed E-state index contributed by atoms with van der Waals surface area (Å²) in [5.74, 6) is -0.279. The second-order valence-corrected chi connectivity index (χ2v) is 6.83. The van der Waals surface area contributed by atoms with E-state index in [1.807, 2.05) is 4.90 Å². The van der Waals surface area contributed by atoms with Crippen LogP contribution in [0, 0.1) is 11.8 Å². The Kier molecular flexibility index (Phi) is 4.36. The summed E-state index contributed by atoms with van der Waals surface area (Å²) in [4.78, 5) is 27.7. The van der Waals surface area contributed by atoms with Crippen LogP contribution in [0.25, 0.3) is 0 Å². The maximum absolute atomic E-state index is 12.7. The van der Waals surface area contributed by atoms with Crippen molar-refractivity contribution in [3.63, 3.8) is 0 Å². The van der Waals surface area contributed by atoms with E-state index in [0.717, 1.165) is 19.4 Å². The molecule has 2 saturated heterocycles. The molecule has 2 aliphatic heterocycles. The Hall–Kier alpha value is -1.26. The number of piperidine rings is 1. The van der Waals surface area contributed by atoms with Gasteiger partial charge in [0, 0.05) is 25.7 Å². The number of nitrogens with zero attached hydrogens (tertiary/aromatic N) is 2. The van der Waals surface area contributed by atoms with Gasteiger partial charge in [-0.2, -0.15) is 0 Å². The molecule has 2 amide bonds. The van der Waals surface area contributed by atoms with Crippen LogP contribution in [-0.4, -0.2) is 52.6 Å². The fourth-order valence-electron chi connectivity index (χ4n) is 4.36. The summed E-state index contributed by atoms with van der Waals surface area (Å²) in [5.41, 5.74) is 0. The first kappa shape index (κ1) is 14.7. The van der Waals surface area contributed by atoms with E-state index in [9.17, 15) is 9.59 Å². The van der Waals surface area contributed by atoms with Gasteiger partial charge < -0.3 is 14.9 Å². The Morgan fingerprint density at radius 3 is 2.14 bits per heavy atom. The Bertz CT molecular complexity index is 398. The molecule has 0 radical (unpaired) electrons. The van der Waals surface area contributed by atoms with E-state index in [-0.39, 0.29) is 11.9 Å². The molecule has 0 aromatic heterocycles. The number of aliphatic carboxylic acids is 1. The standard InChI is InChI=1S/C16H26N2O3/c19-15(20)13-7-10-17(11-8-13)16(21)18-9-3-6-14(18)12-4-1-2-5-12/h12-14H,1-11H2,(H,19,20). The second kappa shape index (κ2) is 6.24. The third kappa shape index (κ3) is 3.01. The van der Waals surface area contributed by atoms with Crippen LogP contribution in [0.15, 0.2) is 0 Å². The first-order valence-electron chi connectivity index (χ1n) is 8.45. The van der Waals surface area contributed by atoms with Crippen molar-refractivity contribution in [1.82, 2.24) is 9.80 Å². The lowest BCUT2D eigenvalue weighted by Gasteiger charge is -2.37. The van der Waals surface area contributed by atoms with Gasteiger partial charge in [-0.1, -0.05) is 12.8 Å². The molecule has 3 rings (SSSR count). The third-order valence-electron chi connectivity index (χ3n) is 5.60. The average molecular weight is 294 g/mol. The van der Waals surface area contributed by atoms with Gasteiger partial charge in [0.1, 0.15) is 0 Å². The molecule has 1 saturated carbocycles. The number of carboxylic acids is 1. The first-order valence-corrected chi connectivity index (χ1v) is 8.45. The zero-order valence-corrected chi connectivity index (χ0v) is 12.7. The maximum Gasteiger partial charge on any atom is 0.320 e. The molecular weight excluding hydrogens is 268 g/mol. The topological polar surface area (TPSA) is 60.9 Å². The number of urea groups is 1. The molecule has 1 unspecified atom stereocenters. The molecule has 0 aromatic carbocycles. The highest BCUT2D eigenvalue weighted by molar-refractivity contribution is 5.76. The summed E-state index contributed by atoms with van der Waals surface area (Å²) < 4.78 is 0. The molecule has 0 bridgehead atoms. The summed E-state index contributed by atoms with van der Waals surface area (Å²) in [6.07, 6.45) is 8.65. The Balaban J connectivity index is 1.58. The third-order valence-corrected chi connectivity index (χ3v) is 5.60. The van der Waals surface area contributed by atoms with E-state index in [2.05, 4.69) is 4.90 Å². The van der Waals surface area contributed by atoms with Crippen molar-refractivity contribution >= 4 is 12.0 Å². The minimum atomic E-state index is -0.716. The van der Waals surface area contributed by atoms with Gasteiger partial charge >= 0.3 is 12.0 Å². The molecule has 2 heterocycles. The van der Waals surface area contributed by atoms with Gasteiger partial charge in [-0.3, -0.25) is 4.79 Å². The van der Waals surface area contributed by atoms with Crippen molar-refractivity contribution in [1.29, 1.82) is 0 Å². The van der Waals surface area contributed by atoms with Gasteiger partial charge in [-0.25, -0.2) is 4.79 Å². The average Bonchev–Trinajstić information content (AvgIpc) is 3.17. The van der Waals surface area contributed by atoms with E-state index in [4.69, 9.17) is 5.11 Å². The van der Waals surface area contributed by atoms with Crippen LogP contribution < -0.4 is 0 Å². The van der Waals surface area contributed by atoms with Crippen LogP contribution in [0.3, 0.4) is 0 Å². The number of rotatable bonds is 2. The van der Waals surface area contributed by atoms with Crippen LogP contribution in [0.4, 0.5) is 4.79 Å². The fourth-order valence-corrected chi connectivity index (χ4v) is 4.36. The summed E-state index contributed by atoms with van der Waals surface area (Å²) in [6, 6.07) is 0.602. The Labute approximate surface area is 126 Å². The molecule has 1 N–H and O–H groups in total. The Morgan fingerprint density at radius 2 is 1.52 bits per heavy atom. The second-order valence-electron chi connectivity index (χ2n) is 6.83. The number of carboxylic acid groups (broad SMARTS) is 1. The van der Waals surface area contributed by atoms with Gasteiger partial charge in [0.2, 0.25) is 0 Å². The molecule has 5 nitrogen and oxygen atoms in total. The SMILES string of the molecule is O=C(O)C1CCN(C(=O)N2CCCC2C2CCCC2)CC1. The summed E-state index contributed by atoms with van der Waals surface area (Å²) in [5, 5.41) is 9.05. The number of hydrogen-bond acceptors (Lipinski definition) is 2. The Morgan fingerprint density at radius 1 is 0.857 bits per heavy atom. The van der Waals surface area contributed by atoms with Crippen molar-refractivity contribution in [3.05, 3.63) is 0 Å². The number of amides is 2. The number of carbonyl (C=O) groups is 2. The predicted octanol–water partition coefficient (Wildman–Crippen LogP) is 2.56. The molecule has 1 aliphatic carbocycles. The van der Waals surface area contributed by atoms with Gasteiger partial charge in [0.05, 0.1) is 5.92 Å². The molecule has 118 valence electrons. The van der Waals surface area contributed by atoms with E-state index in [1.54, 1.807) is 0 Å². The first-order chi connectivity index (χ1) is 10.2. The van der Waals surface area contributed by atoms with Crippen LogP contribution in [-0.2, 0) is 4.79 Å². The minimum Gasteiger partial charge on any atom is -0.481 e. The normalized spacial score (nSPS) is 28.3. The summed E-state index contributed by atoms with van der Waals surface area (Å²) in [7, 11) is 0. The number of likely N-dealkylation sites (tertiary alicyclic amines) is 2. The smallest absolute Gasteiger partial charge is 0.320 e. The van der Waals surface area contributed by atoms with Crippen molar-refractivity contribution in [2.75, 3.05) is 19.6 Å². The quantitative estimate of drug-likeness (QED) is 0.851. The molecule has 1 atom stereocenters. The van der Waals surface area contributed by atoms with Gasteiger partial charge in [-0.15, -0.1) is 0 Å². The largest absolute Gasteiger partial charge is 0.481 e. The lowest BCUT2D eigenvalue weighted by Crippen LogP contribution is -2.50. The zero-order valence-electron chi connectivity index (χ0n) is 12.7.